The van der Waals surface area contributed by atoms with Crippen molar-refractivity contribution in [2.45, 2.75) is 12.0 Å². The Balaban J connectivity index is 2.64. The molecular formula is C12H15F2NO3. The first-order valence-corrected chi connectivity index (χ1v) is 5.34. The van der Waals surface area contributed by atoms with E-state index in [1.165, 1.54) is 7.11 Å². The zero-order chi connectivity index (χ0) is 13.6. The fraction of sp³-hybridized carbons (Fsp3) is 0.417. The molecule has 1 amide bonds. The second kappa shape index (κ2) is 6.42. The molecule has 1 aromatic carbocycles. The third-order valence-corrected chi connectivity index (χ3v) is 2.33. The molecule has 0 saturated heterocycles. The number of nitrogens with one attached hydrogen (secondary N) is 1. The number of hydrogen-bond acceptors (Lipinski definition) is 3. The van der Waals surface area contributed by atoms with Gasteiger partial charge >= 0.3 is 0 Å². The lowest BCUT2D eigenvalue weighted by molar-refractivity contribution is -0.134. The molecular weight excluding hydrogens is 244 g/mol. The highest BCUT2D eigenvalue weighted by molar-refractivity contribution is 5.82. The van der Waals surface area contributed by atoms with Gasteiger partial charge in [-0.05, 0) is 5.56 Å². The number of carbonyl (C=O) groups is 1. The zero-order valence-electron chi connectivity index (χ0n) is 9.90. The zero-order valence-corrected chi connectivity index (χ0v) is 9.90. The normalized spacial score (nSPS) is 13.1. The molecule has 0 radical (unpaired) electrons. The van der Waals surface area contributed by atoms with Crippen molar-refractivity contribution in [3.05, 3.63) is 35.9 Å². The van der Waals surface area contributed by atoms with E-state index in [2.05, 4.69) is 0 Å². The summed E-state index contributed by atoms with van der Waals surface area (Å²) in [6, 6.07) is 8.54. The first kappa shape index (κ1) is 14.5. The molecule has 4 nitrogen and oxygen atoms in total. The van der Waals surface area contributed by atoms with Gasteiger partial charge in [0.25, 0.3) is 11.8 Å². The predicted molar refractivity (Wildman–Crippen MR) is 61.2 cm³/mol. The summed E-state index contributed by atoms with van der Waals surface area (Å²) in [5.74, 6) is -4.00. The van der Waals surface area contributed by atoms with Gasteiger partial charge in [-0.1, -0.05) is 30.3 Å². The van der Waals surface area contributed by atoms with E-state index in [4.69, 9.17) is 9.84 Å². The van der Waals surface area contributed by atoms with Crippen molar-refractivity contribution in [2.24, 2.45) is 0 Å². The average molecular weight is 259 g/mol. The molecule has 2 N–H and O–H groups in total. The van der Waals surface area contributed by atoms with Crippen LogP contribution in [0.3, 0.4) is 0 Å². The van der Waals surface area contributed by atoms with Crippen LogP contribution in [0.5, 0.6) is 0 Å². The fourth-order valence-corrected chi connectivity index (χ4v) is 1.39. The van der Waals surface area contributed by atoms with Crippen molar-refractivity contribution < 1.29 is 23.4 Å². The van der Waals surface area contributed by atoms with Crippen LogP contribution in [0.2, 0.25) is 0 Å². The quantitative estimate of drug-likeness (QED) is 0.804. The van der Waals surface area contributed by atoms with Gasteiger partial charge in [-0.15, -0.1) is 0 Å². The molecule has 1 aromatic rings. The van der Waals surface area contributed by atoms with Gasteiger partial charge in [-0.25, -0.2) is 8.78 Å². The molecule has 0 spiro atoms. The molecule has 0 heterocycles. The summed E-state index contributed by atoms with van der Waals surface area (Å²) in [5, 5.41) is 10.4. The molecule has 0 aliphatic heterocycles. The summed E-state index contributed by atoms with van der Waals surface area (Å²) in [4.78, 5) is 11.7. The lowest BCUT2D eigenvalue weighted by Crippen LogP contribution is -2.41. The highest BCUT2D eigenvalue weighted by Gasteiger charge is 2.30. The van der Waals surface area contributed by atoms with Crippen molar-refractivity contribution in [1.82, 2.24) is 5.32 Å². The summed E-state index contributed by atoms with van der Waals surface area (Å²) in [6.07, 6.45) is -0.944. The summed E-state index contributed by atoms with van der Waals surface area (Å²) in [5.41, 5.74) is 0.574. The van der Waals surface area contributed by atoms with Gasteiger partial charge in [0.15, 0.2) is 6.10 Å². The second-order valence-corrected chi connectivity index (χ2v) is 3.76. The minimum Gasteiger partial charge on any atom is -0.390 e. The number of aliphatic hydroxyl groups is 1. The molecule has 0 aliphatic carbocycles. The number of aliphatic hydroxyl groups excluding tert-OH is 1. The Morgan fingerprint density at radius 2 is 2.06 bits per heavy atom. The van der Waals surface area contributed by atoms with Crippen LogP contribution in [0.15, 0.2) is 30.3 Å². The minimum absolute atomic E-state index is 0.574. The number of hydrogen-bond donors (Lipinski definition) is 2. The Morgan fingerprint density at radius 1 is 1.44 bits per heavy atom. The van der Waals surface area contributed by atoms with Gasteiger partial charge < -0.3 is 15.2 Å². The number of rotatable bonds is 6. The molecule has 6 heteroatoms. The van der Waals surface area contributed by atoms with E-state index in [0.29, 0.717) is 5.56 Å². The van der Waals surface area contributed by atoms with Crippen LogP contribution in [0, 0.1) is 0 Å². The van der Waals surface area contributed by atoms with Crippen LogP contribution >= 0.6 is 0 Å². The van der Waals surface area contributed by atoms with Crippen molar-refractivity contribution >= 4 is 5.91 Å². The highest BCUT2D eigenvalue weighted by Crippen LogP contribution is 2.17. The Hall–Kier alpha value is -1.53. The van der Waals surface area contributed by atoms with Crippen molar-refractivity contribution in [2.75, 3.05) is 20.3 Å². The van der Waals surface area contributed by atoms with E-state index in [0.717, 1.165) is 0 Å². The van der Waals surface area contributed by atoms with E-state index in [1.807, 2.05) is 5.32 Å². The largest absolute Gasteiger partial charge is 0.390 e. The maximum Gasteiger partial charge on any atom is 0.287 e. The Labute approximate surface area is 104 Å². The molecule has 0 aromatic heterocycles. The van der Waals surface area contributed by atoms with E-state index in [1.54, 1.807) is 30.3 Å². The van der Waals surface area contributed by atoms with Crippen LogP contribution in [0.4, 0.5) is 8.78 Å². The average Bonchev–Trinajstić information content (AvgIpc) is 2.39. The van der Waals surface area contributed by atoms with Gasteiger partial charge in [0.2, 0.25) is 0 Å². The standard InChI is InChI=1S/C12H15F2NO3/c1-18-10(9-5-3-2-4-6-9)11(17)15-7-12(13,14)8-16/h2-6,10,16H,7-8H2,1H3,(H,15,17). The molecule has 0 fully saturated rings. The number of alkyl halides is 2. The summed E-state index contributed by atoms with van der Waals surface area (Å²) in [7, 11) is 1.32. The van der Waals surface area contributed by atoms with Gasteiger partial charge in [0, 0.05) is 7.11 Å². The first-order chi connectivity index (χ1) is 8.50. The van der Waals surface area contributed by atoms with Crippen LogP contribution in [-0.2, 0) is 9.53 Å². The van der Waals surface area contributed by atoms with E-state index < -0.39 is 31.1 Å². The topological polar surface area (TPSA) is 58.6 Å². The molecule has 1 rings (SSSR count). The van der Waals surface area contributed by atoms with Crippen molar-refractivity contribution in [1.29, 1.82) is 0 Å². The van der Waals surface area contributed by atoms with Crippen molar-refractivity contribution in [3.8, 4) is 0 Å². The van der Waals surface area contributed by atoms with Crippen LogP contribution in [0.25, 0.3) is 0 Å². The molecule has 1 unspecified atom stereocenters. The minimum atomic E-state index is -3.33. The number of methoxy groups -OCH3 is 1. The van der Waals surface area contributed by atoms with Crippen LogP contribution in [-0.4, -0.2) is 37.2 Å². The lowest BCUT2D eigenvalue weighted by atomic mass is 10.1. The Bertz CT molecular complexity index is 384. The molecule has 1 atom stereocenters. The molecule has 100 valence electrons. The van der Waals surface area contributed by atoms with E-state index >= 15 is 0 Å². The van der Waals surface area contributed by atoms with E-state index in [-0.39, 0.29) is 0 Å². The third kappa shape index (κ3) is 4.05. The summed E-state index contributed by atoms with van der Waals surface area (Å²) in [6.45, 7) is -2.23. The summed E-state index contributed by atoms with van der Waals surface area (Å²) >= 11 is 0. The summed E-state index contributed by atoms with van der Waals surface area (Å²) < 4.78 is 30.5. The molecule has 0 aliphatic rings. The predicted octanol–water partition coefficient (Wildman–Crippen LogP) is 1.12. The second-order valence-electron chi connectivity index (χ2n) is 3.76. The van der Waals surface area contributed by atoms with Crippen molar-refractivity contribution in [3.63, 3.8) is 0 Å². The molecule has 0 bridgehead atoms. The smallest absolute Gasteiger partial charge is 0.287 e. The van der Waals surface area contributed by atoms with Gasteiger partial charge in [0.05, 0.1) is 6.54 Å². The number of amides is 1. The Kier molecular flexibility index (Phi) is 5.18. The SMILES string of the molecule is COC(C(=O)NCC(F)(F)CO)c1ccccc1. The van der Waals surface area contributed by atoms with Gasteiger partial charge in [-0.3, -0.25) is 4.79 Å². The van der Waals surface area contributed by atoms with Crippen LogP contribution in [0.1, 0.15) is 11.7 Å². The number of carbonyl (C=O) groups excluding carboxylic acids is 1. The maximum absolute atomic E-state index is 12.8. The maximum atomic E-state index is 12.8. The fourth-order valence-electron chi connectivity index (χ4n) is 1.39. The first-order valence-electron chi connectivity index (χ1n) is 5.34. The van der Waals surface area contributed by atoms with Crippen LogP contribution < -0.4 is 5.32 Å². The Morgan fingerprint density at radius 3 is 2.56 bits per heavy atom. The monoisotopic (exact) mass is 259 g/mol. The van der Waals surface area contributed by atoms with Gasteiger partial charge in [-0.2, -0.15) is 0 Å². The molecule has 0 saturated carbocycles. The number of halogens is 2. The van der Waals surface area contributed by atoms with E-state index in [9.17, 15) is 13.6 Å². The lowest BCUT2D eigenvalue weighted by Gasteiger charge is -2.18. The number of benzene rings is 1. The van der Waals surface area contributed by atoms with Gasteiger partial charge in [0.1, 0.15) is 6.61 Å². The third-order valence-electron chi connectivity index (χ3n) is 2.33. The highest BCUT2D eigenvalue weighted by atomic mass is 19.3. The number of ether oxygens (including phenoxy) is 1. The molecule has 18 heavy (non-hydrogen) atoms.